The van der Waals surface area contributed by atoms with Crippen molar-refractivity contribution in [3.8, 4) is 11.1 Å². The van der Waals surface area contributed by atoms with Gasteiger partial charge in [-0.1, -0.05) is 66.7 Å². The summed E-state index contributed by atoms with van der Waals surface area (Å²) in [6.45, 7) is 3.91. The van der Waals surface area contributed by atoms with E-state index in [1.165, 1.54) is 49.2 Å². The van der Waals surface area contributed by atoms with Crippen molar-refractivity contribution >= 4 is 6.08 Å². The lowest BCUT2D eigenvalue weighted by Crippen LogP contribution is -2.46. The van der Waals surface area contributed by atoms with Crippen molar-refractivity contribution < 1.29 is 0 Å². The monoisotopic (exact) mass is 289 g/mol. The smallest absolute Gasteiger partial charge is 0.00471 e. The zero-order valence-corrected chi connectivity index (χ0v) is 13.0. The van der Waals surface area contributed by atoms with Crippen LogP contribution in [-0.4, -0.2) is 24.5 Å². The zero-order valence-electron chi connectivity index (χ0n) is 13.0. The van der Waals surface area contributed by atoms with E-state index in [0.29, 0.717) is 0 Å². The van der Waals surface area contributed by atoms with E-state index in [2.05, 4.69) is 71.6 Å². The van der Waals surface area contributed by atoms with Crippen LogP contribution in [0.1, 0.15) is 18.4 Å². The molecule has 5 rings (SSSR count). The van der Waals surface area contributed by atoms with Crippen molar-refractivity contribution in [1.82, 2.24) is 4.90 Å². The first-order chi connectivity index (χ1) is 10.9. The van der Waals surface area contributed by atoms with E-state index in [4.69, 9.17) is 0 Å². The summed E-state index contributed by atoms with van der Waals surface area (Å²) in [5.41, 5.74) is 3.90. The molecular weight excluding hydrogens is 266 g/mol. The van der Waals surface area contributed by atoms with E-state index < -0.39 is 0 Å². The van der Waals surface area contributed by atoms with Crippen LogP contribution in [0.15, 0.2) is 60.7 Å². The van der Waals surface area contributed by atoms with Crippen LogP contribution in [0.2, 0.25) is 0 Å². The Morgan fingerprint density at radius 3 is 2.14 bits per heavy atom. The molecule has 1 atom stereocenters. The molecule has 0 spiro atoms. The summed E-state index contributed by atoms with van der Waals surface area (Å²) in [5.74, 6) is 1.68. The van der Waals surface area contributed by atoms with E-state index >= 15 is 0 Å². The van der Waals surface area contributed by atoms with Gasteiger partial charge in [-0.15, -0.1) is 0 Å². The number of nitrogens with zero attached hydrogens (tertiary/aromatic N) is 1. The van der Waals surface area contributed by atoms with Crippen LogP contribution in [0, 0.1) is 11.8 Å². The third-order valence-electron chi connectivity index (χ3n) is 5.26. The summed E-state index contributed by atoms with van der Waals surface area (Å²) in [7, 11) is 0. The summed E-state index contributed by atoms with van der Waals surface area (Å²) in [5, 5.41) is 0. The van der Waals surface area contributed by atoms with Gasteiger partial charge in [0.15, 0.2) is 0 Å². The Morgan fingerprint density at radius 1 is 0.818 bits per heavy atom. The molecule has 2 bridgehead atoms. The normalized spacial score (nSPS) is 27.4. The Balaban J connectivity index is 1.46. The fourth-order valence-electron chi connectivity index (χ4n) is 3.88. The standard InChI is InChI=1S/C21H23N/c1-2-4-18(5-3-1)19-9-6-17(7-10-19)8-11-21-16-22-14-12-20(21)13-15-22/h1-11,20-21H,12-16H2/b11-8-/t21-/m1/s1. The van der Waals surface area contributed by atoms with Gasteiger partial charge in [0.1, 0.15) is 0 Å². The first-order valence-corrected chi connectivity index (χ1v) is 8.44. The molecule has 2 aromatic carbocycles. The molecule has 0 N–H and O–H groups in total. The van der Waals surface area contributed by atoms with Gasteiger partial charge in [-0.25, -0.2) is 0 Å². The van der Waals surface area contributed by atoms with Gasteiger partial charge in [-0.3, -0.25) is 0 Å². The van der Waals surface area contributed by atoms with Crippen LogP contribution in [0.4, 0.5) is 0 Å². The van der Waals surface area contributed by atoms with Gasteiger partial charge in [-0.2, -0.15) is 0 Å². The van der Waals surface area contributed by atoms with Crippen molar-refractivity contribution in [2.24, 2.45) is 11.8 Å². The fourth-order valence-corrected chi connectivity index (χ4v) is 3.88. The molecular formula is C21H23N. The maximum absolute atomic E-state index is 2.62. The quantitative estimate of drug-likeness (QED) is 0.791. The maximum atomic E-state index is 2.62. The summed E-state index contributed by atoms with van der Waals surface area (Å²) >= 11 is 0. The third kappa shape index (κ3) is 2.86. The van der Waals surface area contributed by atoms with E-state index in [9.17, 15) is 0 Å². The van der Waals surface area contributed by atoms with Crippen molar-refractivity contribution in [2.75, 3.05) is 19.6 Å². The van der Waals surface area contributed by atoms with Gasteiger partial charge < -0.3 is 4.90 Å². The molecule has 1 nitrogen and oxygen atoms in total. The van der Waals surface area contributed by atoms with Gasteiger partial charge in [0.2, 0.25) is 0 Å². The van der Waals surface area contributed by atoms with Crippen molar-refractivity contribution in [3.05, 3.63) is 66.2 Å². The summed E-state index contributed by atoms with van der Waals surface area (Å²) in [6.07, 6.45) is 7.55. The summed E-state index contributed by atoms with van der Waals surface area (Å²) in [4.78, 5) is 2.62. The number of benzene rings is 2. The molecule has 0 unspecified atom stereocenters. The van der Waals surface area contributed by atoms with Crippen LogP contribution in [0.5, 0.6) is 0 Å². The first-order valence-electron chi connectivity index (χ1n) is 8.44. The van der Waals surface area contributed by atoms with Crippen molar-refractivity contribution in [2.45, 2.75) is 12.8 Å². The highest BCUT2D eigenvalue weighted by Crippen LogP contribution is 2.33. The van der Waals surface area contributed by atoms with E-state index in [1.54, 1.807) is 0 Å². The molecule has 112 valence electrons. The average molecular weight is 289 g/mol. The van der Waals surface area contributed by atoms with Gasteiger partial charge >= 0.3 is 0 Å². The fraction of sp³-hybridized carbons (Fsp3) is 0.333. The van der Waals surface area contributed by atoms with E-state index in [1.807, 2.05) is 0 Å². The lowest BCUT2D eigenvalue weighted by molar-refractivity contribution is 0.0740. The zero-order chi connectivity index (χ0) is 14.8. The van der Waals surface area contributed by atoms with Crippen LogP contribution in [-0.2, 0) is 0 Å². The molecule has 3 fully saturated rings. The number of hydrogen-bond acceptors (Lipinski definition) is 1. The second kappa shape index (κ2) is 6.10. The van der Waals surface area contributed by atoms with Gasteiger partial charge in [0.05, 0.1) is 0 Å². The Morgan fingerprint density at radius 2 is 1.50 bits per heavy atom. The molecule has 1 heteroatoms. The Labute approximate surface area is 133 Å². The molecule has 2 aromatic rings. The minimum Gasteiger partial charge on any atom is -0.303 e. The molecule has 3 aliphatic heterocycles. The van der Waals surface area contributed by atoms with Gasteiger partial charge in [0.25, 0.3) is 0 Å². The minimum atomic E-state index is 0.760. The largest absolute Gasteiger partial charge is 0.303 e. The van der Waals surface area contributed by atoms with Crippen LogP contribution in [0.3, 0.4) is 0 Å². The highest BCUT2D eigenvalue weighted by molar-refractivity contribution is 5.65. The molecule has 0 radical (unpaired) electrons. The highest BCUT2D eigenvalue weighted by atomic mass is 15.1. The summed E-state index contributed by atoms with van der Waals surface area (Å²) < 4.78 is 0. The predicted molar refractivity (Wildman–Crippen MR) is 93.6 cm³/mol. The number of hydrogen-bond donors (Lipinski definition) is 0. The molecule has 3 saturated heterocycles. The number of piperidine rings is 3. The first kappa shape index (κ1) is 13.8. The predicted octanol–water partition coefficient (Wildman–Crippen LogP) is 4.71. The second-order valence-electron chi connectivity index (χ2n) is 6.65. The molecule has 0 amide bonds. The number of rotatable bonds is 3. The van der Waals surface area contributed by atoms with Gasteiger partial charge in [0, 0.05) is 6.54 Å². The average Bonchev–Trinajstić information content (AvgIpc) is 2.62. The Hall–Kier alpha value is -1.86. The van der Waals surface area contributed by atoms with Gasteiger partial charge in [-0.05, 0) is 54.5 Å². The Bertz CT molecular complexity index is 633. The lowest BCUT2D eigenvalue weighted by atomic mass is 9.79. The SMILES string of the molecule is C(=C/[C@@H]1CN2CCC1CC2)/c1ccc(-c2ccccc2)cc1. The van der Waals surface area contributed by atoms with Crippen LogP contribution >= 0.6 is 0 Å². The maximum Gasteiger partial charge on any atom is 0.00471 e. The molecule has 0 aromatic heterocycles. The van der Waals surface area contributed by atoms with E-state index in [0.717, 1.165) is 11.8 Å². The highest BCUT2D eigenvalue weighted by Gasteiger charge is 2.32. The molecule has 0 saturated carbocycles. The number of fused-ring (bicyclic) bond motifs is 3. The topological polar surface area (TPSA) is 3.24 Å². The lowest BCUT2D eigenvalue weighted by Gasteiger charge is -2.43. The van der Waals surface area contributed by atoms with Crippen LogP contribution in [0.25, 0.3) is 17.2 Å². The third-order valence-corrected chi connectivity index (χ3v) is 5.26. The second-order valence-corrected chi connectivity index (χ2v) is 6.65. The summed E-state index contributed by atoms with van der Waals surface area (Å²) in [6, 6.07) is 19.5. The molecule has 0 aliphatic carbocycles. The van der Waals surface area contributed by atoms with Crippen LogP contribution < -0.4 is 0 Å². The molecule has 3 heterocycles. The molecule has 3 aliphatic rings. The Kier molecular flexibility index (Phi) is 3.82. The molecule has 22 heavy (non-hydrogen) atoms. The van der Waals surface area contributed by atoms with Crippen molar-refractivity contribution in [1.29, 1.82) is 0 Å². The van der Waals surface area contributed by atoms with E-state index in [-0.39, 0.29) is 0 Å². The minimum absolute atomic E-state index is 0.760. The van der Waals surface area contributed by atoms with Crippen molar-refractivity contribution in [3.63, 3.8) is 0 Å².